The Labute approximate surface area is 81.2 Å². The monoisotopic (exact) mass is 196 g/mol. The SMILES string of the molecule is Cc1ccoc1C1(C(O)C(=O)O)CC1. The van der Waals surface area contributed by atoms with Crippen molar-refractivity contribution in [1.29, 1.82) is 0 Å². The Morgan fingerprint density at radius 1 is 1.64 bits per heavy atom. The maximum atomic E-state index is 10.7. The fraction of sp³-hybridized carbons (Fsp3) is 0.500. The van der Waals surface area contributed by atoms with Gasteiger partial charge in [0, 0.05) is 0 Å². The van der Waals surface area contributed by atoms with Crippen LogP contribution in [0.3, 0.4) is 0 Å². The second-order valence-electron chi connectivity index (χ2n) is 3.83. The second kappa shape index (κ2) is 2.85. The summed E-state index contributed by atoms with van der Waals surface area (Å²) in [5, 5.41) is 18.3. The van der Waals surface area contributed by atoms with Gasteiger partial charge < -0.3 is 14.6 Å². The smallest absolute Gasteiger partial charge is 0.333 e. The highest BCUT2D eigenvalue weighted by molar-refractivity contribution is 5.75. The minimum Gasteiger partial charge on any atom is -0.479 e. The first-order chi connectivity index (χ1) is 6.58. The van der Waals surface area contributed by atoms with Crippen LogP contribution in [0.25, 0.3) is 0 Å². The first-order valence-corrected chi connectivity index (χ1v) is 4.53. The molecule has 0 spiro atoms. The van der Waals surface area contributed by atoms with Gasteiger partial charge in [-0.05, 0) is 31.4 Å². The van der Waals surface area contributed by atoms with Crippen molar-refractivity contribution in [3.63, 3.8) is 0 Å². The topological polar surface area (TPSA) is 70.7 Å². The van der Waals surface area contributed by atoms with Gasteiger partial charge in [0.1, 0.15) is 5.76 Å². The molecule has 0 aromatic carbocycles. The molecule has 1 unspecified atom stereocenters. The van der Waals surface area contributed by atoms with Crippen LogP contribution in [0.1, 0.15) is 24.2 Å². The van der Waals surface area contributed by atoms with E-state index in [1.807, 2.05) is 6.92 Å². The van der Waals surface area contributed by atoms with E-state index in [1.165, 1.54) is 6.26 Å². The summed E-state index contributed by atoms with van der Waals surface area (Å²) in [4.78, 5) is 10.7. The molecule has 0 radical (unpaired) electrons. The Bertz CT molecular complexity index is 362. The van der Waals surface area contributed by atoms with Crippen molar-refractivity contribution in [2.24, 2.45) is 0 Å². The standard InChI is InChI=1S/C10H12O4/c1-6-2-5-14-8(6)10(3-4-10)7(11)9(12)13/h2,5,7,11H,3-4H2,1H3,(H,12,13). The molecule has 14 heavy (non-hydrogen) atoms. The number of aryl methyl sites for hydroxylation is 1. The van der Waals surface area contributed by atoms with Crippen LogP contribution in [-0.2, 0) is 10.2 Å². The third-order valence-corrected chi connectivity index (χ3v) is 2.86. The van der Waals surface area contributed by atoms with Crippen molar-refractivity contribution in [3.8, 4) is 0 Å². The van der Waals surface area contributed by atoms with E-state index in [4.69, 9.17) is 9.52 Å². The molecular formula is C10H12O4. The molecule has 1 fully saturated rings. The van der Waals surface area contributed by atoms with Crippen LogP contribution >= 0.6 is 0 Å². The van der Waals surface area contributed by atoms with Crippen LogP contribution in [0.2, 0.25) is 0 Å². The van der Waals surface area contributed by atoms with Gasteiger partial charge in [-0.3, -0.25) is 0 Å². The number of aliphatic carboxylic acids is 1. The molecule has 1 atom stereocenters. The normalized spacial score (nSPS) is 20.4. The molecule has 1 saturated carbocycles. The summed E-state index contributed by atoms with van der Waals surface area (Å²) in [6.45, 7) is 1.85. The number of hydrogen-bond acceptors (Lipinski definition) is 3. The summed E-state index contributed by atoms with van der Waals surface area (Å²) in [5.41, 5.74) is 0.238. The number of hydrogen-bond donors (Lipinski definition) is 2. The van der Waals surface area contributed by atoms with Gasteiger partial charge in [0.2, 0.25) is 0 Å². The van der Waals surface area contributed by atoms with E-state index in [-0.39, 0.29) is 0 Å². The van der Waals surface area contributed by atoms with Crippen LogP contribution in [0.4, 0.5) is 0 Å². The third kappa shape index (κ3) is 1.14. The Balaban J connectivity index is 2.34. The maximum absolute atomic E-state index is 10.7. The zero-order chi connectivity index (χ0) is 10.3. The Morgan fingerprint density at radius 3 is 2.64 bits per heavy atom. The van der Waals surface area contributed by atoms with Crippen LogP contribution < -0.4 is 0 Å². The molecular weight excluding hydrogens is 184 g/mol. The van der Waals surface area contributed by atoms with E-state index in [0.29, 0.717) is 18.6 Å². The molecule has 4 heteroatoms. The van der Waals surface area contributed by atoms with Crippen LogP contribution in [-0.4, -0.2) is 22.3 Å². The number of rotatable bonds is 3. The molecule has 1 aliphatic rings. The second-order valence-corrected chi connectivity index (χ2v) is 3.83. The van der Waals surface area contributed by atoms with Crippen LogP contribution in [0.5, 0.6) is 0 Å². The predicted molar refractivity (Wildman–Crippen MR) is 48.0 cm³/mol. The zero-order valence-corrected chi connectivity index (χ0v) is 7.86. The fourth-order valence-corrected chi connectivity index (χ4v) is 1.88. The van der Waals surface area contributed by atoms with E-state index in [1.54, 1.807) is 6.07 Å². The Morgan fingerprint density at radius 2 is 2.29 bits per heavy atom. The first kappa shape index (κ1) is 9.27. The van der Waals surface area contributed by atoms with E-state index >= 15 is 0 Å². The molecule has 1 aliphatic carbocycles. The van der Waals surface area contributed by atoms with E-state index in [0.717, 1.165) is 5.56 Å². The molecule has 76 valence electrons. The van der Waals surface area contributed by atoms with E-state index in [9.17, 15) is 9.90 Å². The lowest BCUT2D eigenvalue weighted by Crippen LogP contribution is -2.33. The summed E-state index contributed by atoms with van der Waals surface area (Å²) >= 11 is 0. The van der Waals surface area contributed by atoms with Crippen LogP contribution in [0, 0.1) is 6.92 Å². The van der Waals surface area contributed by atoms with Crippen molar-refractivity contribution in [1.82, 2.24) is 0 Å². The highest BCUT2D eigenvalue weighted by atomic mass is 16.4. The van der Waals surface area contributed by atoms with Crippen LogP contribution in [0.15, 0.2) is 16.7 Å². The summed E-state index contributed by atoms with van der Waals surface area (Å²) in [6, 6.07) is 1.78. The van der Waals surface area contributed by atoms with Gasteiger partial charge in [0.05, 0.1) is 11.7 Å². The molecule has 1 aromatic heterocycles. The molecule has 2 N–H and O–H groups in total. The maximum Gasteiger partial charge on any atom is 0.333 e. The third-order valence-electron chi connectivity index (χ3n) is 2.86. The van der Waals surface area contributed by atoms with Crippen molar-refractivity contribution >= 4 is 5.97 Å². The minimum absolute atomic E-state index is 0.618. The lowest BCUT2D eigenvalue weighted by molar-refractivity contribution is -0.148. The summed E-state index contributed by atoms with van der Waals surface area (Å²) < 4.78 is 5.24. The summed E-state index contributed by atoms with van der Waals surface area (Å²) in [7, 11) is 0. The van der Waals surface area contributed by atoms with Gasteiger partial charge in [-0.15, -0.1) is 0 Å². The highest BCUT2D eigenvalue weighted by Gasteiger charge is 2.56. The quantitative estimate of drug-likeness (QED) is 0.758. The van der Waals surface area contributed by atoms with E-state index in [2.05, 4.69) is 0 Å². The molecule has 1 aromatic rings. The molecule has 1 heterocycles. The summed E-state index contributed by atoms with van der Waals surface area (Å²) in [6.07, 6.45) is 1.52. The molecule has 2 rings (SSSR count). The van der Waals surface area contributed by atoms with Crippen molar-refractivity contribution < 1.29 is 19.4 Å². The number of carbonyl (C=O) groups is 1. The number of aliphatic hydroxyl groups excluding tert-OH is 1. The Kier molecular flexibility index (Phi) is 1.89. The Hall–Kier alpha value is -1.29. The molecule has 0 amide bonds. The fourth-order valence-electron chi connectivity index (χ4n) is 1.88. The first-order valence-electron chi connectivity index (χ1n) is 4.53. The van der Waals surface area contributed by atoms with Crippen molar-refractivity contribution in [2.45, 2.75) is 31.3 Å². The van der Waals surface area contributed by atoms with Crippen molar-refractivity contribution in [3.05, 3.63) is 23.7 Å². The number of carboxylic acids is 1. The number of furan rings is 1. The summed E-state index contributed by atoms with van der Waals surface area (Å²) in [5.74, 6) is -0.564. The predicted octanol–water partition coefficient (Wildman–Crippen LogP) is 1.07. The zero-order valence-electron chi connectivity index (χ0n) is 7.86. The lowest BCUT2D eigenvalue weighted by Gasteiger charge is -2.16. The van der Waals surface area contributed by atoms with Gasteiger partial charge in [-0.25, -0.2) is 4.79 Å². The highest BCUT2D eigenvalue weighted by Crippen LogP contribution is 2.52. The van der Waals surface area contributed by atoms with Crippen molar-refractivity contribution in [2.75, 3.05) is 0 Å². The molecule has 0 aliphatic heterocycles. The molecule has 0 bridgehead atoms. The van der Waals surface area contributed by atoms with Gasteiger partial charge in [0.25, 0.3) is 0 Å². The van der Waals surface area contributed by atoms with E-state index < -0.39 is 17.5 Å². The van der Waals surface area contributed by atoms with Gasteiger partial charge >= 0.3 is 5.97 Å². The average molecular weight is 196 g/mol. The lowest BCUT2D eigenvalue weighted by atomic mass is 9.94. The molecule has 0 saturated heterocycles. The van der Waals surface area contributed by atoms with Gasteiger partial charge in [-0.1, -0.05) is 0 Å². The van der Waals surface area contributed by atoms with Gasteiger partial charge in [-0.2, -0.15) is 0 Å². The largest absolute Gasteiger partial charge is 0.479 e. The minimum atomic E-state index is -1.35. The molecule has 4 nitrogen and oxygen atoms in total. The average Bonchev–Trinajstić information content (AvgIpc) is 2.83. The van der Waals surface area contributed by atoms with Gasteiger partial charge in [0.15, 0.2) is 6.10 Å². The number of carboxylic acid groups (broad SMARTS) is 1. The number of aliphatic hydroxyl groups is 1.